The highest BCUT2D eigenvalue weighted by molar-refractivity contribution is 6.34. The van der Waals surface area contributed by atoms with E-state index in [1.807, 2.05) is 0 Å². The molecule has 2 amide bonds. The number of halogens is 1. The lowest BCUT2D eigenvalue weighted by atomic mass is 9.84. The number of piperazine rings is 1. The van der Waals surface area contributed by atoms with Crippen LogP contribution < -0.4 is 10.2 Å². The maximum Gasteiger partial charge on any atom is 0.317 e. The van der Waals surface area contributed by atoms with Gasteiger partial charge in [-0.3, -0.25) is 4.90 Å². The van der Waals surface area contributed by atoms with Crippen molar-refractivity contribution in [2.75, 3.05) is 51.7 Å². The van der Waals surface area contributed by atoms with Gasteiger partial charge in [-0.05, 0) is 62.6 Å². The van der Waals surface area contributed by atoms with Gasteiger partial charge < -0.3 is 15.1 Å². The third-order valence-electron chi connectivity index (χ3n) is 6.59. The number of hydrogen-bond donors (Lipinski definition) is 1. The van der Waals surface area contributed by atoms with Crippen LogP contribution in [0.25, 0.3) is 0 Å². The number of nitrogens with zero attached hydrogens (tertiary/aromatic N) is 3. The number of aryl methyl sites for hydroxylation is 1. The van der Waals surface area contributed by atoms with Crippen molar-refractivity contribution in [3.63, 3.8) is 0 Å². The van der Waals surface area contributed by atoms with Crippen LogP contribution in [0.1, 0.15) is 44.6 Å². The summed E-state index contributed by atoms with van der Waals surface area (Å²) in [4.78, 5) is 18.5. The third-order valence-corrected chi connectivity index (χ3v) is 7.02. The van der Waals surface area contributed by atoms with Crippen LogP contribution in [0.5, 0.6) is 0 Å². The molecule has 1 saturated carbocycles. The van der Waals surface area contributed by atoms with E-state index >= 15 is 0 Å². The molecule has 0 atom stereocenters. The molecular formula is C23H37ClN4O. The van der Waals surface area contributed by atoms with Crippen LogP contribution in [0.4, 0.5) is 10.5 Å². The number of hydrogen-bond acceptors (Lipinski definition) is 3. The standard InChI is InChI=1S/C23H37ClN4O/c1-4-19-6-5-7-21(22(19)24)28-16-14-27(15-17-28)13-12-18-8-10-20(11-9-18)25-23(29)26(2)3/h5-7,18,20H,4,8-17H2,1-3H3,(H,25,29). The lowest BCUT2D eigenvalue weighted by molar-refractivity contribution is 0.194. The van der Waals surface area contributed by atoms with Gasteiger partial charge in [0.15, 0.2) is 0 Å². The molecule has 0 radical (unpaired) electrons. The Morgan fingerprint density at radius 3 is 2.45 bits per heavy atom. The highest BCUT2D eigenvalue weighted by atomic mass is 35.5. The molecule has 1 N–H and O–H groups in total. The fourth-order valence-electron chi connectivity index (χ4n) is 4.56. The molecule has 1 aromatic rings. The van der Waals surface area contributed by atoms with E-state index in [2.05, 4.69) is 40.2 Å². The number of amides is 2. The molecule has 5 nitrogen and oxygen atoms in total. The molecule has 0 spiro atoms. The zero-order valence-electron chi connectivity index (χ0n) is 18.3. The van der Waals surface area contributed by atoms with Crippen molar-refractivity contribution in [1.29, 1.82) is 0 Å². The van der Waals surface area contributed by atoms with Crippen LogP contribution in [0, 0.1) is 5.92 Å². The van der Waals surface area contributed by atoms with Crippen molar-refractivity contribution in [2.24, 2.45) is 5.92 Å². The first kappa shape index (κ1) is 22.2. The fourth-order valence-corrected chi connectivity index (χ4v) is 4.94. The molecule has 0 bridgehead atoms. The second-order valence-electron chi connectivity index (χ2n) is 8.78. The van der Waals surface area contributed by atoms with Crippen LogP contribution in [-0.2, 0) is 6.42 Å². The topological polar surface area (TPSA) is 38.8 Å². The predicted molar refractivity (Wildman–Crippen MR) is 122 cm³/mol. The Morgan fingerprint density at radius 2 is 1.83 bits per heavy atom. The Bertz CT molecular complexity index is 665. The van der Waals surface area contributed by atoms with Crippen molar-refractivity contribution < 1.29 is 4.79 Å². The average molecular weight is 421 g/mol. The molecule has 0 unspecified atom stereocenters. The summed E-state index contributed by atoms with van der Waals surface area (Å²) >= 11 is 6.62. The van der Waals surface area contributed by atoms with E-state index in [0.29, 0.717) is 6.04 Å². The molecule has 1 aliphatic carbocycles. The molecule has 1 heterocycles. The van der Waals surface area contributed by atoms with Gasteiger partial charge in [0.25, 0.3) is 0 Å². The van der Waals surface area contributed by atoms with Gasteiger partial charge >= 0.3 is 6.03 Å². The van der Waals surface area contributed by atoms with E-state index < -0.39 is 0 Å². The number of carbonyl (C=O) groups excluding carboxylic acids is 1. The number of benzene rings is 1. The second-order valence-corrected chi connectivity index (χ2v) is 9.16. The van der Waals surface area contributed by atoms with Crippen LogP contribution in [0.15, 0.2) is 18.2 Å². The Balaban J connectivity index is 1.37. The first-order valence-electron chi connectivity index (χ1n) is 11.2. The largest absolute Gasteiger partial charge is 0.368 e. The summed E-state index contributed by atoms with van der Waals surface area (Å²) < 4.78 is 0. The van der Waals surface area contributed by atoms with Gasteiger partial charge in [0.1, 0.15) is 0 Å². The fraction of sp³-hybridized carbons (Fsp3) is 0.696. The van der Waals surface area contributed by atoms with Crippen molar-refractivity contribution >= 4 is 23.3 Å². The van der Waals surface area contributed by atoms with Gasteiger partial charge in [-0.15, -0.1) is 0 Å². The maximum absolute atomic E-state index is 11.8. The minimum absolute atomic E-state index is 0.0379. The van der Waals surface area contributed by atoms with Crippen LogP contribution in [0.2, 0.25) is 5.02 Å². The van der Waals surface area contributed by atoms with Gasteiger partial charge in [0.05, 0.1) is 10.7 Å². The normalized spacial score (nSPS) is 23.1. The molecule has 1 saturated heterocycles. The van der Waals surface area contributed by atoms with Gasteiger partial charge in [-0.2, -0.15) is 0 Å². The molecule has 2 fully saturated rings. The summed E-state index contributed by atoms with van der Waals surface area (Å²) in [6.45, 7) is 7.68. The molecule has 3 rings (SSSR count). The summed E-state index contributed by atoms with van der Waals surface area (Å²) in [5.41, 5.74) is 2.44. The SMILES string of the molecule is CCc1cccc(N2CCN(CCC3CCC(NC(=O)N(C)C)CC3)CC2)c1Cl. The van der Waals surface area contributed by atoms with Gasteiger partial charge in [0, 0.05) is 46.3 Å². The summed E-state index contributed by atoms with van der Waals surface area (Å²) in [5, 5.41) is 4.07. The van der Waals surface area contributed by atoms with E-state index in [0.717, 1.165) is 56.4 Å². The zero-order chi connectivity index (χ0) is 20.8. The van der Waals surface area contributed by atoms with Crippen molar-refractivity contribution in [3.8, 4) is 0 Å². The highest BCUT2D eigenvalue weighted by Gasteiger charge is 2.24. The Kier molecular flexibility index (Phi) is 8.07. The number of anilines is 1. The number of urea groups is 1. The average Bonchev–Trinajstić information content (AvgIpc) is 2.74. The Hall–Kier alpha value is -1.46. The summed E-state index contributed by atoms with van der Waals surface area (Å²) in [6, 6.07) is 6.81. The molecule has 1 aliphatic heterocycles. The van der Waals surface area contributed by atoms with Crippen LogP contribution in [-0.4, -0.2) is 68.7 Å². The third kappa shape index (κ3) is 6.02. The molecular weight excluding hydrogens is 384 g/mol. The van der Waals surface area contributed by atoms with Crippen molar-refractivity contribution in [3.05, 3.63) is 28.8 Å². The van der Waals surface area contributed by atoms with E-state index in [-0.39, 0.29) is 6.03 Å². The molecule has 162 valence electrons. The quantitative estimate of drug-likeness (QED) is 0.747. The summed E-state index contributed by atoms with van der Waals surface area (Å²) in [5.74, 6) is 0.802. The number of carbonyl (C=O) groups is 1. The first-order chi connectivity index (χ1) is 14.0. The lowest BCUT2D eigenvalue weighted by Crippen LogP contribution is -2.47. The molecule has 6 heteroatoms. The van der Waals surface area contributed by atoms with E-state index in [1.54, 1.807) is 19.0 Å². The molecule has 1 aromatic carbocycles. The maximum atomic E-state index is 11.8. The summed E-state index contributed by atoms with van der Waals surface area (Å²) in [6.07, 6.45) is 6.96. The van der Waals surface area contributed by atoms with Gasteiger partial charge in [-0.25, -0.2) is 4.79 Å². The van der Waals surface area contributed by atoms with Crippen molar-refractivity contribution in [1.82, 2.24) is 15.1 Å². The zero-order valence-corrected chi connectivity index (χ0v) is 19.0. The Morgan fingerprint density at radius 1 is 1.14 bits per heavy atom. The van der Waals surface area contributed by atoms with Crippen molar-refractivity contribution in [2.45, 2.75) is 51.5 Å². The molecule has 29 heavy (non-hydrogen) atoms. The first-order valence-corrected chi connectivity index (χ1v) is 11.6. The number of rotatable bonds is 6. The van der Waals surface area contributed by atoms with E-state index in [1.165, 1.54) is 37.1 Å². The summed E-state index contributed by atoms with van der Waals surface area (Å²) in [7, 11) is 3.60. The minimum Gasteiger partial charge on any atom is -0.368 e. The minimum atomic E-state index is 0.0379. The molecule has 0 aromatic heterocycles. The van der Waals surface area contributed by atoms with Crippen LogP contribution in [0.3, 0.4) is 0 Å². The highest BCUT2D eigenvalue weighted by Crippen LogP contribution is 2.31. The monoisotopic (exact) mass is 420 g/mol. The van der Waals surface area contributed by atoms with Gasteiger partial charge in [-0.1, -0.05) is 30.7 Å². The Labute approximate surface area is 181 Å². The molecule has 2 aliphatic rings. The van der Waals surface area contributed by atoms with E-state index in [9.17, 15) is 4.79 Å². The van der Waals surface area contributed by atoms with Gasteiger partial charge in [0.2, 0.25) is 0 Å². The van der Waals surface area contributed by atoms with Crippen LogP contribution >= 0.6 is 11.6 Å². The number of nitrogens with one attached hydrogen (secondary N) is 1. The smallest absolute Gasteiger partial charge is 0.317 e. The second kappa shape index (κ2) is 10.5. The predicted octanol–water partition coefficient (Wildman–Crippen LogP) is 4.24. The van der Waals surface area contributed by atoms with E-state index in [4.69, 9.17) is 11.6 Å². The lowest BCUT2D eigenvalue weighted by Gasteiger charge is -2.38.